The van der Waals surface area contributed by atoms with Gasteiger partial charge in [0, 0.05) is 0 Å². The van der Waals surface area contributed by atoms with E-state index in [1.807, 2.05) is 0 Å². The molecule has 222 valence electrons. The van der Waals surface area contributed by atoms with E-state index in [9.17, 15) is 92.2 Å². The van der Waals surface area contributed by atoms with E-state index in [4.69, 9.17) is 0 Å². The van der Waals surface area contributed by atoms with E-state index in [0.29, 0.717) is 0 Å². The second-order valence-corrected chi connectivity index (χ2v) is 8.29. The second kappa shape index (κ2) is 9.65. The zero-order valence-electron chi connectivity index (χ0n) is 15.7. The van der Waals surface area contributed by atoms with Crippen LogP contribution in [0.4, 0.5) is 92.2 Å². The molecule has 0 spiro atoms. The largest absolute Gasteiger partial charge is 0.434 e. The first kappa shape index (κ1) is 36.1. The Kier molecular flexibility index (Phi) is 9.43. The molecule has 0 aliphatic rings. The van der Waals surface area contributed by atoms with E-state index in [1.165, 1.54) is 0 Å². The molecule has 0 fully saturated rings. The molecule has 0 aromatic rings. The Hall–Kier alpha value is -0.860. The van der Waals surface area contributed by atoms with Crippen LogP contribution in [-0.2, 0) is 0 Å². The van der Waals surface area contributed by atoms with Crippen LogP contribution in [0.25, 0.3) is 0 Å². The number of alkyl halides is 21. The van der Waals surface area contributed by atoms with Crippen molar-refractivity contribution in [3.05, 3.63) is 11.1 Å². The summed E-state index contributed by atoms with van der Waals surface area (Å²) in [5, 5.41) is -3.77. The maximum atomic E-state index is 14.1. The number of hydrogen-bond donors (Lipinski definition) is 0. The standard InChI is InChI=1S/C13H2Cl3F21/c14-1(2(17)18)5(21,22)12(33,34)11(15,16)8(27,28)3(19)6(23,24)10(32,13(35,36)37)7(25,26)4(20)9(29,30)31/h3-4H. The quantitative estimate of drug-likeness (QED) is 0.171. The van der Waals surface area contributed by atoms with Crippen molar-refractivity contribution in [3.63, 3.8) is 0 Å². The van der Waals surface area contributed by atoms with Gasteiger partial charge in [-0.25, -0.2) is 13.2 Å². The summed E-state index contributed by atoms with van der Waals surface area (Å²) in [7, 11) is 0. The van der Waals surface area contributed by atoms with Crippen molar-refractivity contribution >= 4 is 34.8 Å². The Morgan fingerprint density at radius 3 is 1.14 bits per heavy atom. The molecule has 0 N–H and O–H groups in total. The Morgan fingerprint density at radius 1 is 0.541 bits per heavy atom. The van der Waals surface area contributed by atoms with E-state index in [2.05, 4.69) is 34.8 Å². The lowest BCUT2D eigenvalue weighted by Crippen LogP contribution is -2.76. The maximum Gasteiger partial charge on any atom is 0.434 e. The van der Waals surface area contributed by atoms with E-state index < -0.39 is 75.4 Å². The Morgan fingerprint density at radius 2 is 0.865 bits per heavy atom. The van der Waals surface area contributed by atoms with E-state index in [0.717, 1.165) is 0 Å². The molecule has 0 saturated carbocycles. The highest BCUT2D eigenvalue weighted by Crippen LogP contribution is 2.65. The second-order valence-electron chi connectivity index (χ2n) is 6.59. The third-order valence-corrected chi connectivity index (χ3v) is 5.56. The molecule has 37 heavy (non-hydrogen) atoms. The predicted molar refractivity (Wildman–Crippen MR) is 80.0 cm³/mol. The normalized spacial score (nSPS) is 18.8. The van der Waals surface area contributed by atoms with Crippen LogP contribution in [0.2, 0.25) is 0 Å². The van der Waals surface area contributed by atoms with Gasteiger partial charge in [0.05, 0.1) is 0 Å². The molecule has 3 unspecified atom stereocenters. The van der Waals surface area contributed by atoms with Gasteiger partial charge < -0.3 is 0 Å². The third-order valence-electron chi connectivity index (χ3n) is 4.20. The number of hydrogen-bond acceptors (Lipinski definition) is 0. The fourth-order valence-electron chi connectivity index (χ4n) is 2.20. The van der Waals surface area contributed by atoms with Gasteiger partial charge in [0.1, 0.15) is 0 Å². The number of allylic oxidation sites excluding steroid dienone is 1. The van der Waals surface area contributed by atoms with Crippen molar-refractivity contribution < 1.29 is 92.2 Å². The van der Waals surface area contributed by atoms with Crippen LogP contribution in [-0.4, -0.2) is 64.3 Å². The molecule has 0 rings (SSSR count). The monoisotopic (exact) mass is 662 g/mol. The average Bonchev–Trinajstić information content (AvgIpc) is 2.68. The van der Waals surface area contributed by atoms with Gasteiger partial charge in [0.15, 0.2) is 5.03 Å². The molecular formula is C13H2Cl3F21. The average molecular weight is 663 g/mol. The van der Waals surface area contributed by atoms with E-state index >= 15 is 0 Å². The molecule has 0 bridgehead atoms. The molecule has 0 aliphatic heterocycles. The maximum absolute atomic E-state index is 14.1. The molecule has 0 heterocycles. The third kappa shape index (κ3) is 5.08. The summed E-state index contributed by atoms with van der Waals surface area (Å²) in [5.74, 6) is -39.2. The molecule has 0 nitrogen and oxygen atoms in total. The van der Waals surface area contributed by atoms with Crippen molar-refractivity contribution in [2.24, 2.45) is 0 Å². The van der Waals surface area contributed by atoms with Crippen LogP contribution >= 0.6 is 34.8 Å². The van der Waals surface area contributed by atoms with Gasteiger partial charge in [-0.2, -0.15) is 79.0 Å². The first-order valence-electron chi connectivity index (χ1n) is 7.75. The van der Waals surface area contributed by atoms with Gasteiger partial charge >= 0.3 is 47.6 Å². The molecule has 0 aliphatic carbocycles. The lowest BCUT2D eigenvalue weighted by molar-refractivity contribution is -0.409. The molecule has 24 heteroatoms. The van der Waals surface area contributed by atoms with E-state index in [-0.39, 0.29) is 0 Å². The van der Waals surface area contributed by atoms with Crippen molar-refractivity contribution in [3.8, 4) is 0 Å². The first-order valence-corrected chi connectivity index (χ1v) is 8.88. The van der Waals surface area contributed by atoms with E-state index in [1.54, 1.807) is 0 Å². The van der Waals surface area contributed by atoms with Gasteiger partial charge in [-0.05, 0) is 0 Å². The minimum absolute atomic E-state index is 3.77. The highest BCUT2D eigenvalue weighted by atomic mass is 35.5. The summed E-state index contributed by atoms with van der Waals surface area (Å²) in [4.78, 5) is 0. The molecule has 0 aromatic heterocycles. The Labute approximate surface area is 203 Å². The summed E-state index contributed by atoms with van der Waals surface area (Å²) >= 11 is 12.0. The fourth-order valence-corrected chi connectivity index (χ4v) is 2.75. The Bertz CT molecular complexity index is 866. The number of halogens is 24. The molecule has 0 radical (unpaired) electrons. The van der Waals surface area contributed by atoms with Crippen LogP contribution in [0.15, 0.2) is 11.1 Å². The smallest absolute Gasteiger partial charge is 0.234 e. The summed E-state index contributed by atoms with van der Waals surface area (Å²) in [6, 6.07) is 0. The van der Waals surface area contributed by atoms with Crippen LogP contribution in [0.1, 0.15) is 0 Å². The van der Waals surface area contributed by atoms with Gasteiger partial charge in [-0.3, -0.25) is 0 Å². The zero-order chi connectivity index (χ0) is 30.8. The highest BCUT2D eigenvalue weighted by molar-refractivity contribution is 6.50. The molecule has 3 atom stereocenters. The summed E-state index contributed by atoms with van der Waals surface area (Å²) in [6.07, 6.45) is -33.6. The number of rotatable bonds is 9. The fraction of sp³-hybridized carbons (Fsp3) is 0.846. The van der Waals surface area contributed by atoms with Crippen LogP contribution in [0.3, 0.4) is 0 Å². The van der Waals surface area contributed by atoms with Crippen LogP contribution in [0.5, 0.6) is 0 Å². The SMILES string of the molecule is FC(F)=C(Cl)C(F)(F)C(F)(F)C(Cl)(Cl)C(F)(F)C(F)C(F)(F)C(F)(C(F)(F)F)C(F)(F)C(F)C(F)(F)F. The first-order chi connectivity index (χ1) is 15.7. The topological polar surface area (TPSA) is 0 Å². The summed E-state index contributed by atoms with van der Waals surface area (Å²) in [5.41, 5.74) is -8.73. The zero-order valence-corrected chi connectivity index (χ0v) is 18.0. The van der Waals surface area contributed by atoms with Gasteiger partial charge in [-0.1, -0.05) is 34.8 Å². The Balaban J connectivity index is 7.30. The van der Waals surface area contributed by atoms with Gasteiger partial charge in [0.2, 0.25) is 6.17 Å². The van der Waals surface area contributed by atoms with Crippen LogP contribution in [0, 0.1) is 0 Å². The predicted octanol–water partition coefficient (Wildman–Crippen LogP) is 9.19. The molecule has 0 aromatic carbocycles. The van der Waals surface area contributed by atoms with Gasteiger partial charge in [0.25, 0.3) is 16.6 Å². The summed E-state index contributed by atoms with van der Waals surface area (Å²) < 4.78 is 271. The lowest BCUT2D eigenvalue weighted by atomic mass is 9.81. The molecular weight excluding hydrogens is 661 g/mol. The van der Waals surface area contributed by atoms with Gasteiger partial charge in [-0.15, -0.1) is 0 Å². The summed E-state index contributed by atoms with van der Waals surface area (Å²) in [6.45, 7) is 0. The molecule has 0 saturated heterocycles. The van der Waals surface area contributed by atoms with Crippen molar-refractivity contribution in [1.29, 1.82) is 0 Å². The van der Waals surface area contributed by atoms with Crippen molar-refractivity contribution in [2.75, 3.05) is 0 Å². The van der Waals surface area contributed by atoms with Crippen molar-refractivity contribution in [1.82, 2.24) is 0 Å². The molecule has 0 amide bonds. The highest BCUT2D eigenvalue weighted by Gasteiger charge is 2.92. The minimum atomic E-state index is -8.73. The minimum Gasteiger partial charge on any atom is -0.234 e. The van der Waals surface area contributed by atoms with Crippen molar-refractivity contribution in [2.45, 2.75) is 64.3 Å². The van der Waals surface area contributed by atoms with Crippen LogP contribution < -0.4 is 0 Å². The lowest BCUT2D eigenvalue weighted by Gasteiger charge is -2.46.